The van der Waals surface area contributed by atoms with Gasteiger partial charge < -0.3 is 10.2 Å². The standard InChI is InChI=1S/C22H30F3N3O/c1-17(21(29)26-11-10-18-6-3-2-4-7-18)27-12-14-28(15-13-27)20-9-5-8-19(16-20)22(23,24)25/h5-6,8-9,16-17H,2-4,7,10-15H2,1H3,(H,26,29). The van der Waals surface area contributed by atoms with E-state index in [0.29, 0.717) is 38.4 Å². The van der Waals surface area contributed by atoms with E-state index in [1.807, 2.05) is 11.8 Å². The van der Waals surface area contributed by atoms with Crippen molar-refractivity contribution in [1.82, 2.24) is 10.2 Å². The zero-order valence-electron chi connectivity index (χ0n) is 17.0. The van der Waals surface area contributed by atoms with Gasteiger partial charge in [0.2, 0.25) is 5.91 Å². The van der Waals surface area contributed by atoms with Gasteiger partial charge in [0.15, 0.2) is 0 Å². The van der Waals surface area contributed by atoms with Crippen LogP contribution < -0.4 is 10.2 Å². The molecule has 0 saturated carbocycles. The molecule has 1 fully saturated rings. The molecule has 7 heteroatoms. The van der Waals surface area contributed by atoms with Crippen molar-refractivity contribution in [3.05, 3.63) is 41.5 Å². The largest absolute Gasteiger partial charge is 0.416 e. The predicted octanol–water partition coefficient (Wildman–Crippen LogP) is 4.22. The molecule has 1 N–H and O–H groups in total. The summed E-state index contributed by atoms with van der Waals surface area (Å²) in [6.07, 6.45) is 3.68. The van der Waals surface area contributed by atoms with Crippen molar-refractivity contribution >= 4 is 11.6 Å². The van der Waals surface area contributed by atoms with E-state index in [4.69, 9.17) is 0 Å². The highest BCUT2D eigenvalue weighted by atomic mass is 19.4. The Hall–Kier alpha value is -2.02. The second-order valence-electron chi connectivity index (χ2n) is 7.90. The average molecular weight is 409 g/mol. The molecule has 1 saturated heterocycles. The van der Waals surface area contributed by atoms with E-state index in [1.165, 1.54) is 30.5 Å². The number of alkyl halides is 3. The van der Waals surface area contributed by atoms with Crippen LogP contribution >= 0.6 is 0 Å². The Morgan fingerprint density at radius 3 is 2.59 bits per heavy atom. The molecule has 4 nitrogen and oxygen atoms in total. The van der Waals surface area contributed by atoms with Crippen LogP contribution in [0.25, 0.3) is 0 Å². The van der Waals surface area contributed by atoms with Crippen LogP contribution in [0, 0.1) is 0 Å². The summed E-state index contributed by atoms with van der Waals surface area (Å²) in [6, 6.07) is 5.21. The quantitative estimate of drug-likeness (QED) is 0.715. The Kier molecular flexibility index (Phi) is 7.22. The maximum Gasteiger partial charge on any atom is 0.416 e. The fraction of sp³-hybridized carbons (Fsp3) is 0.591. The molecule has 0 spiro atoms. The van der Waals surface area contributed by atoms with Crippen LogP contribution in [0.4, 0.5) is 18.9 Å². The van der Waals surface area contributed by atoms with Crippen molar-refractivity contribution in [2.45, 2.75) is 51.2 Å². The van der Waals surface area contributed by atoms with Gasteiger partial charge in [-0.25, -0.2) is 0 Å². The maximum atomic E-state index is 12.9. The molecule has 1 amide bonds. The minimum absolute atomic E-state index is 0.0222. The van der Waals surface area contributed by atoms with E-state index in [-0.39, 0.29) is 11.9 Å². The molecule has 1 heterocycles. The highest BCUT2D eigenvalue weighted by Gasteiger charge is 2.31. The molecule has 1 aromatic carbocycles. The van der Waals surface area contributed by atoms with Gasteiger partial charge in [-0.2, -0.15) is 13.2 Å². The molecule has 0 bridgehead atoms. The fourth-order valence-corrected chi connectivity index (χ4v) is 4.04. The van der Waals surface area contributed by atoms with Crippen LogP contribution in [-0.2, 0) is 11.0 Å². The van der Waals surface area contributed by atoms with Gasteiger partial charge in [0.1, 0.15) is 0 Å². The van der Waals surface area contributed by atoms with E-state index in [0.717, 1.165) is 25.3 Å². The zero-order valence-corrected chi connectivity index (χ0v) is 17.0. The molecule has 3 rings (SSSR count). The first kappa shape index (κ1) is 21.7. The Labute approximate surface area is 170 Å². The molecule has 160 valence electrons. The van der Waals surface area contributed by atoms with Crippen molar-refractivity contribution in [2.75, 3.05) is 37.6 Å². The van der Waals surface area contributed by atoms with E-state index in [9.17, 15) is 18.0 Å². The summed E-state index contributed by atoms with van der Waals surface area (Å²) in [5.74, 6) is 0.0222. The van der Waals surface area contributed by atoms with Crippen LogP contribution in [0.3, 0.4) is 0 Å². The number of carbonyl (C=O) groups is 1. The van der Waals surface area contributed by atoms with Crippen LogP contribution in [0.2, 0.25) is 0 Å². The van der Waals surface area contributed by atoms with Crippen molar-refractivity contribution in [2.24, 2.45) is 0 Å². The molecule has 1 aliphatic heterocycles. The average Bonchev–Trinajstić information content (AvgIpc) is 2.73. The number of allylic oxidation sites excluding steroid dienone is 1. The van der Waals surface area contributed by atoms with Gasteiger partial charge >= 0.3 is 6.18 Å². The number of carbonyl (C=O) groups excluding carboxylic acids is 1. The van der Waals surface area contributed by atoms with Gasteiger partial charge in [0.25, 0.3) is 0 Å². The van der Waals surface area contributed by atoms with Gasteiger partial charge in [0.05, 0.1) is 11.6 Å². The third-order valence-corrected chi connectivity index (χ3v) is 5.91. The van der Waals surface area contributed by atoms with E-state index in [1.54, 1.807) is 6.07 Å². The summed E-state index contributed by atoms with van der Waals surface area (Å²) in [7, 11) is 0. The van der Waals surface area contributed by atoms with Crippen LogP contribution in [0.5, 0.6) is 0 Å². The number of halogens is 3. The normalized spacial score (nSPS) is 19.6. The summed E-state index contributed by atoms with van der Waals surface area (Å²) in [5, 5.41) is 3.03. The molecular formula is C22H30F3N3O. The zero-order chi connectivity index (χ0) is 20.9. The number of hydrogen-bond donors (Lipinski definition) is 1. The number of anilines is 1. The number of rotatable bonds is 6. The summed E-state index contributed by atoms with van der Waals surface area (Å²) in [6.45, 7) is 5.07. The monoisotopic (exact) mass is 409 g/mol. The molecule has 1 aromatic rings. The van der Waals surface area contributed by atoms with Crippen molar-refractivity contribution < 1.29 is 18.0 Å². The molecule has 1 atom stereocenters. The number of amides is 1. The highest BCUT2D eigenvalue weighted by molar-refractivity contribution is 5.81. The second-order valence-corrected chi connectivity index (χ2v) is 7.90. The Morgan fingerprint density at radius 1 is 1.17 bits per heavy atom. The lowest BCUT2D eigenvalue weighted by molar-refractivity contribution is -0.137. The first-order valence-electron chi connectivity index (χ1n) is 10.5. The Balaban J connectivity index is 1.46. The molecule has 1 unspecified atom stereocenters. The van der Waals surface area contributed by atoms with E-state index >= 15 is 0 Å². The van der Waals surface area contributed by atoms with E-state index < -0.39 is 11.7 Å². The van der Waals surface area contributed by atoms with Crippen LogP contribution in [0.15, 0.2) is 35.9 Å². The lowest BCUT2D eigenvalue weighted by atomic mass is 9.97. The van der Waals surface area contributed by atoms with E-state index in [2.05, 4.69) is 16.3 Å². The van der Waals surface area contributed by atoms with Gasteiger partial charge in [-0.3, -0.25) is 9.69 Å². The summed E-state index contributed by atoms with van der Waals surface area (Å²) >= 11 is 0. The molecule has 0 radical (unpaired) electrons. The summed E-state index contributed by atoms with van der Waals surface area (Å²) in [4.78, 5) is 16.5. The predicted molar refractivity (Wildman–Crippen MR) is 109 cm³/mol. The summed E-state index contributed by atoms with van der Waals surface area (Å²) < 4.78 is 38.8. The number of piperazine rings is 1. The second kappa shape index (κ2) is 9.65. The molecule has 2 aliphatic rings. The Morgan fingerprint density at radius 2 is 1.93 bits per heavy atom. The van der Waals surface area contributed by atoms with Gasteiger partial charge in [-0.1, -0.05) is 17.7 Å². The topological polar surface area (TPSA) is 35.6 Å². The Bertz CT molecular complexity index is 724. The fourth-order valence-electron chi connectivity index (χ4n) is 4.04. The highest BCUT2D eigenvalue weighted by Crippen LogP contribution is 2.32. The molecular weight excluding hydrogens is 379 g/mol. The van der Waals surface area contributed by atoms with Crippen LogP contribution in [0.1, 0.15) is 44.6 Å². The number of nitrogens with zero attached hydrogens (tertiary/aromatic N) is 2. The lowest BCUT2D eigenvalue weighted by Gasteiger charge is -2.38. The van der Waals surface area contributed by atoms with Crippen molar-refractivity contribution in [3.8, 4) is 0 Å². The third kappa shape index (κ3) is 5.98. The first-order chi connectivity index (χ1) is 13.8. The molecule has 29 heavy (non-hydrogen) atoms. The third-order valence-electron chi connectivity index (χ3n) is 5.91. The van der Waals surface area contributed by atoms with Gasteiger partial charge in [-0.05, 0) is 57.2 Å². The van der Waals surface area contributed by atoms with Crippen molar-refractivity contribution in [1.29, 1.82) is 0 Å². The molecule has 0 aromatic heterocycles. The maximum absolute atomic E-state index is 12.9. The minimum Gasteiger partial charge on any atom is -0.369 e. The van der Waals surface area contributed by atoms with Crippen LogP contribution in [-0.4, -0.2) is 49.6 Å². The SMILES string of the molecule is CC(C(=O)NCCC1=CCCCC1)N1CCN(c2cccc(C(F)(F)F)c2)CC1. The number of benzene rings is 1. The lowest BCUT2D eigenvalue weighted by Crippen LogP contribution is -2.54. The smallest absolute Gasteiger partial charge is 0.369 e. The minimum atomic E-state index is -4.34. The molecule has 1 aliphatic carbocycles. The number of nitrogens with one attached hydrogen (secondary N) is 1. The number of hydrogen-bond acceptors (Lipinski definition) is 3. The van der Waals surface area contributed by atoms with Gasteiger partial charge in [0, 0.05) is 38.4 Å². The first-order valence-corrected chi connectivity index (χ1v) is 10.5. The summed E-state index contributed by atoms with van der Waals surface area (Å²) in [5.41, 5.74) is 1.40. The van der Waals surface area contributed by atoms with Gasteiger partial charge in [-0.15, -0.1) is 0 Å². The van der Waals surface area contributed by atoms with Crippen molar-refractivity contribution in [3.63, 3.8) is 0 Å².